The quantitative estimate of drug-likeness (QED) is 0.742. The van der Waals surface area contributed by atoms with Gasteiger partial charge < -0.3 is 15.3 Å². The smallest absolute Gasteiger partial charge is 0.372 e. The fraction of sp³-hybridized carbons (Fsp3) is 0.538. The monoisotopic (exact) mass is 268 g/mol. The number of aryl methyl sites for hydroxylation is 1. The van der Waals surface area contributed by atoms with E-state index in [1.807, 2.05) is 4.90 Å². The molecule has 0 aliphatic heterocycles. The van der Waals surface area contributed by atoms with Crippen LogP contribution in [0.2, 0.25) is 0 Å². The van der Waals surface area contributed by atoms with E-state index >= 15 is 0 Å². The zero-order chi connectivity index (χ0) is 14.4. The topological polar surface area (TPSA) is 96.8 Å². The van der Waals surface area contributed by atoms with Crippen LogP contribution >= 0.6 is 0 Å². The van der Waals surface area contributed by atoms with Crippen molar-refractivity contribution in [3.8, 4) is 0 Å². The van der Waals surface area contributed by atoms with Gasteiger partial charge in [0, 0.05) is 5.56 Å². The number of carbonyl (C=O) groups excluding carboxylic acids is 1. The van der Waals surface area contributed by atoms with Gasteiger partial charge in [0.25, 0.3) is 0 Å². The Hall–Kier alpha value is -1.82. The van der Waals surface area contributed by atoms with Gasteiger partial charge in [-0.2, -0.15) is 0 Å². The molecule has 0 aliphatic carbocycles. The first kappa shape index (κ1) is 15.2. The highest BCUT2D eigenvalue weighted by molar-refractivity contribution is 5.86. The number of hydrogen-bond acceptors (Lipinski definition) is 4. The predicted octanol–water partition coefficient (Wildman–Crippen LogP) is 1.37. The molecule has 0 saturated carbocycles. The van der Waals surface area contributed by atoms with E-state index < -0.39 is 11.9 Å². The number of primary amides is 1. The first-order chi connectivity index (χ1) is 8.93. The minimum atomic E-state index is -1.08. The molecule has 0 radical (unpaired) electrons. The molecule has 0 spiro atoms. The summed E-state index contributed by atoms with van der Waals surface area (Å²) in [6.45, 7) is 4.99. The summed E-state index contributed by atoms with van der Waals surface area (Å²) in [5, 5.41) is 8.92. The lowest BCUT2D eigenvalue weighted by Crippen LogP contribution is -2.34. The standard InChI is InChI=1S/C13H20N2O4/c1-3-4-5-15(8-11(14)16)7-10-6-9(2)12(19-10)13(17)18/h6H,3-5,7-8H2,1-2H3,(H2,14,16)(H,17,18). The first-order valence-corrected chi connectivity index (χ1v) is 6.27. The number of aromatic carboxylic acids is 1. The van der Waals surface area contributed by atoms with Crippen LogP contribution in [-0.4, -0.2) is 35.0 Å². The third-order valence-corrected chi connectivity index (χ3v) is 2.75. The second-order valence-electron chi connectivity index (χ2n) is 4.56. The molecular weight excluding hydrogens is 248 g/mol. The fourth-order valence-corrected chi connectivity index (χ4v) is 1.87. The third-order valence-electron chi connectivity index (χ3n) is 2.75. The molecule has 1 aromatic heterocycles. The third kappa shape index (κ3) is 4.75. The largest absolute Gasteiger partial charge is 0.475 e. The van der Waals surface area contributed by atoms with Crippen molar-refractivity contribution in [3.63, 3.8) is 0 Å². The molecule has 0 unspecified atom stereocenters. The molecule has 106 valence electrons. The van der Waals surface area contributed by atoms with Crippen LogP contribution < -0.4 is 5.73 Å². The molecule has 1 aromatic rings. The Kier molecular flexibility index (Phi) is 5.57. The Bertz CT molecular complexity index is 453. The van der Waals surface area contributed by atoms with Crippen LogP contribution in [0.5, 0.6) is 0 Å². The maximum Gasteiger partial charge on any atom is 0.372 e. The zero-order valence-corrected chi connectivity index (χ0v) is 11.3. The lowest BCUT2D eigenvalue weighted by molar-refractivity contribution is -0.119. The Morgan fingerprint density at radius 3 is 2.63 bits per heavy atom. The summed E-state index contributed by atoms with van der Waals surface area (Å²) in [6, 6.07) is 1.68. The van der Waals surface area contributed by atoms with Gasteiger partial charge in [0.05, 0.1) is 13.1 Å². The van der Waals surface area contributed by atoms with Crippen LogP contribution in [0.25, 0.3) is 0 Å². The van der Waals surface area contributed by atoms with E-state index in [1.165, 1.54) is 0 Å². The second-order valence-corrected chi connectivity index (χ2v) is 4.56. The number of rotatable bonds is 8. The molecule has 0 aromatic carbocycles. The highest BCUT2D eigenvalue weighted by Gasteiger charge is 2.17. The summed E-state index contributed by atoms with van der Waals surface area (Å²) in [7, 11) is 0. The average molecular weight is 268 g/mol. The van der Waals surface area contributed by atoms with Crippen molar-refractivity contribution in [2.45, 2.75) is 33.2 Å². The van der Waals surface area contributed by atoms with E-state index in [9.17, 15) is 9.59 Å². The van der Waals surface area contributed by atoms with E-state index in [2.05, 4.69) is 6.92 Å². The van der Waals surface area contributed by atoms with Crippen molar-refractivity contribution in [1.82, 2.24) is 4.90 Å². The number of nitrogens with two attached hydrogens (primary N) is 1. The molecule has 6 heteroatoms. The lowest BCUT2D eigenvalue weighted by Gasteiger charge is -2.18. The number of nitrogens with zero attached hydrogens (tertiary/aromatic N) is 1. The van der Waals surface area contributed by atoms with Crippen molar-refractivity contribution in [2.75, 3.05) is 13.1 Å². The predicted molar refractivity (Wildman–Crippen MR) is 69.8 cm³/mol. The van der Waals surface area contributed by atoms with E-state index in [0.29, 0.717) is 17.9 Å². The maximum absolute atomic E-state index is 11.0. The Morgan fingerprint density at radius 2 is 2.16 bits per heavy atom. The normalized spacial score (nSPS) is 10.9. The maximum atomic E-state index is 11.0. The Morgan fingerprint density at radius 1 is 1.47 bits per heavy atom. The van der Waals surface area contributed by atoms with Gasteiger partial charge in [-0.05, 0) is 26.0 Å². The first-order valence-electron chi connectivity index (χ1n) is 6.27. The van der Waals surface area contributed by atoms with Crippen LogP contribution in [0.4, 0.5) is 0 Å². The van der Waals surface area contributed by atoms with E-state index in [1.54, 1.807) is 13.0 Å². The molecular formula is C13H20N2O4. The fourth-order valence-electron chi connectivity index (χ4n) is 1.87. The van der Waals surface area contributed by atoms with Crippen LogP contribution in [0.3, 0.4) is 0 Å². The van der Waals surface area contributed by atoms with Crippen molar-refractivity contribution >= 4 is 11.9 Å². The Labute approximate surface area is 112 Å². The van der Waals surface area contributed by atoms with Gasteiger partial charge in [-0.15, -0.1) is 0 Å². The molecule has 1 rings (SSSR count). The molecule has 0 atom stereocenters. The summed E-state index contributed by atoms with van der Waals surface area (Å²) in [5.74, 6) is -1.01. The number of hydrogen-bond donors (Lipinski definition) is 2. The molecule has 1 amide bonds. The van der Waals surface area contributed by atoms with Crippen molar-refractivity contribution in [1.29, 1.82) is 0 Å². The van der Waals surface area contributed by atoms with Crippen LogP contribution in [0, 0.1) is 6.92 Å². The summed E-state index contributed by atoms with van der Waals surface area (Å²) in [5.41, 5.74) is 5.78. The summed E-state index contributed by atoms with van der Waals surface area (Å²) < 4.78 is 5.27. The second kappa shape index (κ2) is 6.94. The van der Waals surface area contributed by atoms with E-state index in [-0.39, 0.29) is 12.3 Å². The molecule has 3 N–H and O–H groups in total. The molecule has 0 bridgehead atoms. The number of furan rings is 1. The number of carboxylic acid groups (broad SMARTS) is 1. The molecule has 1 heterocycles. The molecule has 0 aliphatic rings. The molecule has 0 fully saturated rings. The summed E-state index contributed by atoms with van der Waals surface area (Å²) >= 11 is 0. The van der Waals surface area contributed by atoms with Gasteiger partial charge in [-0.1, -0.05) is 13.3 Å². The van der Waals surface area contributed by atoms with Crippen LogP contribution in [-0.2, 0) is 11.3 Å². The number of unbranched alkanes of at least 4 members (excludes halogenated alkanes) is 1. The van der Waals surface area contributed by atoms with Gasteiger partial charge in [0.1, 0.15) is 5.76 Å². The van der Waals surface area contributed by atoms with Crippen LogP contribution in [0.1, 0.15) is 41.6 Å². The van der Waals surface area contributed by atoms with Gasteiger partial charge in [0.2, 0.25) is 11.7 Å². The van der Waals surface area contributed by atoms with Gasteiger partial charge in [0.15, 0.2) is 0 Å². The minimum absolute atomic E-state index is 0.0514. The van der Waals surface area contributed by atoms with Crippen molar-refractivity contribution in [3.05, 3.63) is 23.2 Å². The van der Waals surface area contributed by atoms with Crippen LogP contribution in [0.15, 0.2) is 10.5 Å². The molecule has 6 nitrogen and oxygen atoms in total. The summed E-state index contributed by atoms with van der Waals surface area (Å²) in [4.78, 5) is 23.7. The highest BCUT2D eigenvalue weighted by atomic mass is 16.4. The molecule has 0 saturated heterocycles. The van der Waals surface area contributed by atoms with Crippen molar-refractivity contribution in [2.24, 2.45) is 5.73 Å². The van der Waals surface area contributed by atoms with Gasteiger partial charge in [-0.3, -0.25) is 9.69 Å². The Balaban J connectivity index is 2.74. The average Bonchev–Trinajstić information content (AvgIpc) is 2.66. The van der Waals surface area contributed by atoms with E-state index in [4.69, 9.17) is 15.3 Å². The van der Waals surface area contributed by atoms with E-state index in [0.717, 1.165) is 19.4 Å². The number of carbonyl (C=O) groups is 2. The minimum Gasteiger partial charge on any atom is -0.475 e. The number of carboxylic acids is 1. The van der Waals surface area contributed by atoms with Gasteiger partial charge >= 0.3 is 5.97 Å². The SMILES string of the molecule is CCCCN(CC(N)=O)Cc1cc(C)c(C(=O)O)o1. The number of amides is 1. The highest BCUT2D eigenvalue weighted by Crippen LogP contribution is 2.16. The molecule has 19 heavy (non-hydrogen) atoms. The zero-order valence-electron chi connectivity index (χ0n) is 11.3. The van der Waals surface area contributed by atoms with Crippen molar-refractivity contribution < 1.29 is 19.1 Å². The summed E-state index contributed by atoms with van der Waals surface area (Å²) in [6.07, 6.45) is 1.95. The lowest BCUT2D eigenvalue weighted by atomic mass is 10.2. The van der Waals surface area contributed by atoms with Gasteiger partial charge in [-0.25, -0.2) is 4.79 Å².